The molecule has 0 aliphatic carbocycles. The Balaban J connectivity index is 2.02. The highest BCUT2D eigenvalue weighted by atomic mass is 79.9. The third kappa shape index (κ3) is 3.03. The van der Waals surface area contributed by atoms with Gasteiger partial charge in [-0.2, -0.15) is 4.37 Å². The molecule has 1 aromatic carbocycles. The van der Waals surface area contributed by atoms with Crippen LogP contribution < -0.4 is 0 Å². The molecule has 78 valence electrons. The molecule has 0 atom stereocenters. The molecule has 0 saturated carbocycles. The number of rotatable bonds is 3. The summed E-state index contributed by atoms with van der Waals surface area (Å²) in [4.78, 5) is 5.55. The van der Waals surface area contributed by atoms with Gasteiger partial charge in [0.05, 0.1) is 5.75 Å². The zero-order valence-corrected chi connectivity index (χ0v) is 11.3. The van der Waals surface area contributed by atoms with Gasteiger partial charge in [-0.05, 0) is 46.0 Å². The fourth-order valence-corrected chi connectivity index (χ4v) is 2.97. The molecule has 0 amide bonds. The number of hydrogen-bond donors (Lipinski definition) is 0. The first-order valence-corrected chi connectivity index (χ1v) is 6.97. The second-order valence-corrected chi connectivity index (χ2v) is 6.06. The van der Waals surface area contributed by atoms with Crippen molar-refractivity contribution in [2.75, 3.05) is 0 Å². The van der Waals surface area contributed by atoms with Gasteiger partial charge >= 0.3 is 0 Å². The van der Waals surface area contributed by atoms with Crippen LogP contribution in [0.25, 0.3) is 0 Å². The van der Waals surface area contributed by atoms with Gasteiger partial charge in [-0.1, -0.05) is 18.2 Å². The van der Waals surface area contributed by atoms with Gasteiger partial charge in [-0.25, -0.2) is 4.98 Å². The minimum Gasteiger partial charge on any atom is -0.212 e. The van der Waals surface area contributed by atoms with Crippen LogP contribution >= 0.6 is 39.2 Å². The van der Waals surface area contributed by atoms with Crippen LogP contribution in [0, 0.1) is 6.92 Å². The van der Waals surface area contributed by atoms with Crippen molar-refractivity contribution in [1.29, 1.82) is 0 Å². The number of aryl methyl sites for hydroxylation is 1. The van der Waals surface area contributed by atoms with E-state index < -0.39 is 0 Å². The van der Waals surface area contributed by atoms with Gasteiger partial charge in [0.2, 0.25) is 0 Å². The Labute approximate surface area is 105 Å². The van der Waals surface area contributed by atoms with E-state index in [2.05, 4.69) is 56.5 Å². The summed E-state index contributed by atoms with van der Waals surface area (Å²) in [6.07, 6.45) is 0. The average Bonchev–Trinajstić information content (AvgIpc) is 2.63. The van der Waals surface area contributed by atoms with Crippen LogP contribution in [-0.2, 0) is 5.75 Å². The van der Waals surface area contributed by atoms with E-state index >= 15 is 0 Å². The van der Waals surface area contributed by atoms with Crippen molar-refractivity contribution < 1.29 is 0 Å². The van der Waals surface area contributed by atoms with Gasteiger partial charge < -0.3 is 0 Å². The van der Waals surface area contributed by atoms with Crippen molar-refractivity contribution in [1.82, 2.24) is 9.36 Å². The molecule has 0 bridgehead atoms. The molecule has 5 heteroatoms. The first-order chi connectivity index (χ1) is 7.25. The van der Waals surface area contributed by atoms with Crippen LogP contribution in [0.1, 0.15) is 11.4 Å². The quantitative estimate of drug-likeness (QED) is 0.804. The van der Waals surface area contributed by atoms with Crippen LogP contribution in [0.4, 0.5) is 0 Å². The van der Waals surface area contributed by atoms with E-state index in [9.17, 15) is 0 Å². The third-order valence-electron chi connectivity index (χ3n) is 1.89. The molecule has 0 radical (unpaired) electrons. The monoisotopic (exact) mass is 300 g/mol. The Hall–Kier alpha value is -0.390. The highest BCUT2D eigenvalue weighted by Crippen LogP contribution is 2.25. The summed E-state index contributed by atoms with van der Waals surface area (Å²) >= 11 is 6.47. The molecule has 2 nitrogen and oxygen atoms in total. The lowest BCUT2D eigenvalue weighted by atomic mass is 10.2. The van der Waals surface area contributed by atoms with Crippen LogP contribution in [0.5, 0.6) is 0 Å². The first kappa shape index (κ1) is 11.1. The van der Waals surface area contributed by atoms with Crippen LogP contribution in [0.3, 0.4) is 0 Å². The van der Waals surface area contributed by atoms with Crippen LogP contribution in [0.15, 0.2) is 33.1 Å². The summed E-state index contributed by atoms with van der Waals surface area (Å²) in [5.41, 5.74) is 1.30. The molecule has 15 heavy (non-hydrogen) atoms. The lowest BCUT2D eigenvalue weighted by Crippen LogP contribution is -1.84. The molecule has 2 rings (SSSR count). The third-order valence-corrected chi connectivity index (χ3v) is 4.22. The number of benzene rings is 1. The molecule has 0 aliphatic heterocycles. The fourth-order valence-electron chi connectivity index (χ4n) is 1.15. The van der Waals surface area contributed by atoms with E-state index in [0.29, 0.717) is 0 Å². The Morgan fingerprint density at radius 1 is 1.40 bits per heavy atom. The van der Waals surface area contributed by atoms with Crippen molar-refractivity contribution in [2.24, 2.45) is 0 Å². The van der Waals surface area contributed by atoms with Gasteiger partial charge in [0, 0.05) is 4.90 Å². The van der Waals surface area contributed by atoms with Crippen molar-refractivity contribution >= 4 is 39.2 Å². The Morgan fingerprint density at radius 2 is 2.20 bits per heavy atom. The summed E-state index contributed by atoms with van der Waals surface area (Å²) in [6, 6.07) is 8.35. The van der Waals surface area contributed by atoms with E-state index in [-0.39, 0.29) is 0 Å². The van der Waals surface area contributed by atoms with Gasteiger partial charge in [-0.3, -0.25) is 0 Å². The van der Waals surface area contributed by atoms with E-state index in [4.69, 9.17) is 0 Å². The number of nitrogens with zero attached hydrogens (tertiary/aromatic N) is 2. The van der Waals surface area contributed by atoms with E-state index in [1.54, 1.807) is 11.8 Å². The molecule has 1 aromatic heterocycles. The van der Waals surface area contributed by atoms with E-state index in [1.165, 1.54) is 22.0 Å². The summed E-state index contributed by atoms with van der Waals surface area (Å²) in [5.74, 6) is 1.72. The SMILES string of the molecule is Cc1ccccc1SCc1nsc(Br)n1. The molecule has 0 aliphatic rings. The van der Waals surface area contributed by atoms with Crippen molar-refractivity contribution in [3.63, 3.8) is 0 Å². The maximum absolute atomic E-state index is 4.26. The van der Waals surface area contributed by atoms with Crippen LogP contribution in [0.2, 0.25) is 0 Å². The smallest absolute Gasteiger partial charge is 0.179 e. The molecule has 0 unspecified atom stereocenters. The molecular weight excluding hydrogens is 292 g/mol. The minimum absolute atomic E-state index is 0.826. The summed E-state index contributed by atoms with van der Waals surface area (Å²) in [6.45, 7) is 2.12. The average molecular weight is 301 g/mol. The topological polar surface area (TPSA) is 25.8 Å². The highest BCUT2D eigenvalue weighted by molar-refractivity contribution is 9.11. The predicted molar refractivity (Wildman–Crippen MR) is 68.3 cm³/mol. The van der Waals surface area contributed by atoms with Gasteiger partial charge in [0.25, 0.3) is 0 Å². The molecule has 0 saturated heterocycles. The number of hydrogen-bond acceptors (Lipinski definition) is 4. The Kier molecular flexibility index (Phi) is 3.77. The van der Waals surface area contributed by atoms with Gasteiger partial charge in [-0.15, -0.1) is 11.8 Å². The molecular formula is C10H9BrN2S2. The zero-order chi connectivity index (χ0) is 10.7. The zero-order valence-electron chi connectivity index (χ0n) is 8.11. The highest BCUT2D eigenvalue weighted by Gasteiger charge is 2.03. The largest absolute Gasteiger partial charge is 0.212 e. The van der Waals surface area contributed by atoms with Gasteiger partial charge in [0.1, 0.15) is 0 Å². The molecule has 0 fully saturated rings. The van der Waals surface area contributed by atoms with E-state index in [0.717, 1.165) is 15.5 Å². The van der Waals surface area contributed by atoms with Crippen molar-refractivity contribution in [3.8, 4) is 0 Å². The maximum atomic E-state index is 4.26. The molecule has 2 aromatic rings. The molecule has 0 N–H and O–H groups in total. The normalized spacial score (nSPS) is 10.5. The second kappa shape index (κ2) is 5.09. The maximum Gasteiger partial charge on any atom is 0.179 e. The lowest BCUT2D eigenvalue weighted by Gasteiger charge is -2.02. The Morgan fingerprint density at radius 3 is 2.87 bits per heavy atom. The van der Waals surface area contributed by atoms with Crippen molar-refractivity contribution in [2.45, 2.75) is 17.6 Å². The van der Waals surface area contributed by atoms with E-state index in [1.807, 2.05) is 0 Å². The number of thioether (sulfide) groups is 1. The van der Waals surface area contributed by atoms with Crippen molar-refractivity contribution in [3.05, 3.63) is 39.6 Å². The standard InChI is InChI=1S/C10H9BrN2S2/c1-7-4-2-3-5-8(7)14-6-9-12-10(11)15-13-9/h2-5H,6H2,1H3. The Bertz CT molecular complexity index is 456. The lowest BCUT2D eigenvalue weighted by molar-refractivity contribution is 1.12. The number of halogens is 1. The molecule has 1 heterocycles. The number of aromatic nitrogens is 2. The second-order valence-electron chi connectivity index (χ2n) is 3.02. The summed E-state index contributed by atoms with van der Waals surface area (Å²) in [5, 5.41) is 0. The predicted octanol–water partition coefficient (Wildman–Crippen LogP) is 3.90. The summed E-state index contributed by atoms with van der Waals surface area (Å²) < 4.78 is 5.07. The molecule has 0 spiro atoms. The minimum atomic E-state index is 0.826. The van der Waals surface area contributed by atoms with Gasteiger partial charge in [0.15, 0.2) is 9.74 Å². The first-order valence-electron chi connectivity index (χ1n) is 4.42. The fraction of sp³-hybridized carbons (Fsp3) is 0.200. The summed E-state index contributed by atoms with van der Waals surface area (Å²) in [7, 11) is 0. The van der Waals surface area contributed by atoms with Crippen LogP contribution in [-0.4, -0.2) is 9.36 Å².